The van der Waals surface area contributed by atoms with Gasteiger partial charge in [-0.2, -0.15) is 0 Å². The Balaban J connectivity index is 3.31. The van der Waals surface area contributed by atoms with E-state index in [1.807, 2.05) is 0 Å². The summed E-state index contributed by atoms with van der Waals surface area (Å²) in [7, 11) is 0. The quantitative estimate of drug-likeness (QED) is 0.263. The number of ketones is 1. The summed E-state index contributed by atoms with van der Waals surface area (Å²) in [6.07, 6.45) is 0.454. The van der Waals surface area contributed by atoms with Crippen molar-refractivity contribution in [3.05, 3.63) is 10.1 Å². The molecule has 0 rings (SSSR count). The summed E-state index contributed by atoms with van der Waals surface area (Å²) in [5, 5.41) is 16.8. The lowest BCUT2D eigenvalue weighted by atomic mass is 10.2. The second-order valence-corrected chi connectivity index (χ2v) is 2.24. The van der Waals surface area contributed by atoms with Gasteiger partial charge in [-0.1, -0.05) is 0 Å². The maximum absolute atomic E-state index is 10.5. The van der Waals surface area contributed by atoms with Gasteiger partial charge in [0.15, 0.2) is 0 Å². The number of Topliss-reactive ketones (excluding diaryl/α,β-unsaturated/α-hetero) is 1. The number of carbonyl (C=O) groups is 2. The van der Waals surface area contributed by atoms with E-state index < -0.39 is 16.8 Å². The fraction of sp³-hybridized carbons (Fsp3) is 0.667. The topological polar surface area (TPSA) is 107 Å². The normalized spacial score (nSPS) is 9.23. The Bertz CT molecular complexity index is 213. The van der Waals surface area contributed by atoms with E-state index in [-0.39, 0.29) is 19.4 Å². The summed E-state index contributed by atoms with van der Waals surface area (Å²) in [4.78, 5) is 34.0. The summed E-state index contributed by atoms with van der Waals surface area (Å²) in [6.45, 7) is -0.111. The summed E-state index contributed by atoms with van der Waals surface area (Å²) < 4.78 is 0. The fourth-order valence-electron chi connectivity index (χ4n) is 0.634. The third-order valence-corrected chi connectivity index (χ3v) is 1.23. The molecule has 0 unspecified atom stereocenters. The van der Waals surface area contributed by atoms with Crippen molar-refractivity contribution in [2.75, 3.05) is 6.61 Å². The van der Waals surface area contributed by atoms with Gasteiger partial charge in [-0.25, -0.2) is 4.79 Å². The zero-order valence-electron chi connectivity index (χ0n) is 6.76. The molecule has 0 radical (unpaired) electrons. The Morgan fingerprint density at radius 1 is 1.38 bits per heavy atom. The van der Waals surface area contributed by atoms with Crippen LogP contribution in [0.3, 0.4) is 0 Å². The molecule has 7 heteroatoms. The Morgan fingerprint density at radius 2 is 2.00 bits per heavy atom. The molecule has 7 nitrogen and oxygen atoms in total. The van der Waals surface area contributed by atoms with Gasteiger partial charge in [-0.15, -0.1) is 10.1 Å². The van der Waals surface area contributed by atoms with Crippen molar-refractivity contribution in [1.29, 1.82) is 0 Å². The second kappa shape index (κ2) is 5.92. The van der Waals surface area contributed by atoms with Gasteiger partial charge in [-0.3, -0.25) is 4.79 Å². The molecule has 1 N–H and O–H groups in total. The highest BCUT2D eigenvalue weighted by atomic mass is 16.9. The number of hydrogen-bond acceptors (Lipinski definition) is 5. The zero-order chi connectivity index (χ0) is 10.3. The largest absolute Gasteiger partial charge is 0.476 e. The van der Waals surface area contributed by atoms with E-state index >= 15 is 0 Å². The molecule has 0 aromatic carbocycles. The highest BCUT2D eigenvalue weighted by Gasteiger charge is 2.09. The van der Waals surface area contributed by atoms with E-state index in [1.54, 1.807) is 0 Å². The number of nitrogens with zero attached hydrogens (tertiary/aromatic N) is 1. The Labute approximate surface area is 73.4 Å². The van der Waals surface area contributed by atoms with E-state index in [2.05, 4.69) is 4.84 Å². The SMILES string of the molecule is O=C(O)C(=O)CCCCO[N+](=O)[O-]. The van der Waals surface area contributed by atoms with Crippen LogP contribution in [0.1, 0.15) is 19.3 Å². The first-order valence-electron chi connectivity index (χ1n) is 3.57. The van der Waals surface area contributed by atoms with E-state index in [4.69, 9.17) is 5.11 Å². The molecule has 0 aliphatic carbocycles. The number of carbonyl (C=O) groups excluding carboxylic acids is 1. The molecule has 74 valence electrons. The molecule has 0 amide bonds. The first kappa shape index (κ1) is 11.3. The minimum absolute atomic E-state index is 0.111. The van der Waals surface area contributed by atoms with Crippen LogP contribution in [0.2, 0.25) is 0 Å². The predicted molar refractivity (Wildman–Crippen MR) is 39.4 cm³/mol. The molecular weight excluding hydrogens is 182 g/mol. The number of carboxylic acid groups (broad SMARTS) is 1. The molecule has 0 aromatic rings. The monoisotopic (exact) mass is 191 g/mol. The van der Waals surface area contributed by atoms with Gasteiger partial charge < -0.3 is 9.94 Å². The van der Waals surface area contributed by atoms with Crippen LogP contribution < -0.4 is 0 Å². The van der Waals surface area contributed by atoms with Gasteiger partial charge in [0, 0.05) is 6.42 Å². The number of aliphatic carboxylic acids is 1. The van der Waals surface area contributed by atoms with Crippen molar-refractivity contribution in [3.8, 4) is 0 Å². The minimum Gasteiger partial charge on any atom is -0.476 e. The van der Waals surface area contributed by atoms with Crippen LogP contribution in [0, 0.1) is 10.1 Å². The molecule has 0 saturated carbocycles. The van der Waals surface area contributed by atoms with Crippen molar-refractivity contribution in [2.45, 2.75) is 19.3 Å². The molecule has 0 atom stereocenters. The summed E-state index contributed by atoms with van der Waals surface area (Å²) >= 11 is 0. The average molecular weight is 191 g/mol. The lowest BCUT2D eigenvalue weighted by Crippen LogP contribution is -2.12. The van der Waals surface area contributed by atoms with Crippen LogP contribution in [0.5, 0.6) is 0 Å². The van der Waals surface area contributed by atoms with Crippen LogP contribution in [0.25, 0.3) is 0 Å². The van der Waals surface area contributed by atoms with Crippen molar-refractivity contribution < 1.29 is 24.6 Å². The number of unbranched alkanes of at least 4 members (excludes halogenated alkanes) is 1. The van der Waals surface area contributed by atoms with E-state index in [0.717, 1.165) is 0 Å². The van der Waals surface area contributed by atoms with Crippen LogP contribution in [-0.2, 0) is 14.4 Å². The summed E-state index contributed by atoms with van der Waals surface area (Å²) in [5.74, 6) is -2.36. The van der Waals surface area contributed by atoms with Crippen LogP contribution >= 0.6 is 0 Å². The van der Waals surface area contributed by atoms with E-state index in [1.165, 1.54) is 0 Å². The minimum atomic E-state index is -1.48. The highest BCUT2D eigenvalue weighted by molar-refractivity contribution is 6.32. The molecule has 0 aliphatic heterocycles. The van der Waals surface area contributed by atoms with Crippen LogP contribution in [-0.4, -0.2) is 28.6 Å². The lowest BCUT2D eigenvalue weighted by Gasteiger charge is -1.96. The van der Waals surface area contributed by atoms with Crippen molar-refractivity contribution in [2.24, 2.45) is 0 Å². The molecular formula is C6H9NO6. The van der Waals surface area contributed by atoms with Gasteiger partial charge >= 0.3 is 5.97 Å². The van der Waals surface area contributed by atoms with E-state index in [0.29, 0.717) is 6.42 Å². The number of carboxylic acids is 1. The number of rotatable bonds is 7. The standard InChI is InChI=1S/C6H9NO6/c8-5(6(9)10)3-1-2-4-13-7(11)12/h1-4H2,(H,9,10). The average Bonchev–Trinajstić information content (AvgIpc) is 2.02. The van der Waals surface area contributed by atoms with Gasteiger partial charge in [0.2, 0.25) is 5.78 Å². The van der Waals surface area contributed by atoms with Crippen molar-refractivity contribution >= 4 is 11.8 Å². The van der Waals surface area contributed by atoms with Gasteiger partial charge in [0.1, 0.15) is 0 Å². The third-order valence-electron chi connectivity index (χ3n) is 1.23. The van der Waals surface area contributed by atoms with Crippen LogP contribution in [0.4, 0.5) is 0 Å². The molecule has 0 aromatic heterocycles. The first-order chi connectivity index (χ1) is 6.04. The Hall–Kier alpha value is -1.66. The molecule has 0 saturated heterocycles. The Morgan fingerprint density at radius 3 is 2.46 bits per heavy atom. The van der Waals surface area contributed by atoms with Crippen molar-refractivity contribution in [3.63, 3.8) is 0 Å². The second-order valence-electron chi connectivity index (χ2n) is 2.24. The molecule has 0 fully saturated rings. The third kappa shape index (κ3) is 6.73. The maximum Gasteiger partial charge on any atom is 0.372 e. The summed E-state index contributed by atoms with van der Waals surface area (Å²) in [6, 6.07) is 0. The molecule has 0 spiro atoms. The summed E-state index contributed by atoms with van der Waals surface area (Å²) in [5.41, 5.74) is 0. The maximum atomic E-state index is 10.5. The number of hydrogen-bond donors (Lipinski definition) is 1. The van der Waals surface area contributed by atoms with Crippen molar-refractivity contribution in [1.82, 2.24) is 0 Å². The lowest BCUT2D eigenvalue weighted by molar-refractivity contribution is -0.757. The van der Waals surface area contributed by atoms with E-state index in [9.17, 15) is 19.7 Å². The molecule has 0 heterocycles. The zero-order valence-corrected chi connectivity index (χ0v) is 6.76. The highest BCUT2D eigenvalue weighted by Crippen LogP contribution is 1.97. The smallest absolute Gasteiger partial charge is 0.372 e. The van der Waals surface area contributed by atoms with Crippen LogP contribution in [0.15, 0.2) is 0 Å². The molecule has 0 aliphatic rings. The molecule has 0 bridgehead atoms. The predicted octanol–water partition coefficient (Wildman–Crippen LogP) is 0.0187. The van der Waals surface area contributed by atoms with Gasteiger partial charge in [0.25, 0.3) is 5.09 Å². The fourth-order valence-corrected chi connectivity index (χ4v) is 0.634. The van der Waals surface area contributed by atoms with Gasteiger partial charge in [0.05, 0.1) is 6.61 Å². The molecule has 13 heavy (non-hydrogen) atoms. The Kier molecular flexibility index (Phi) is 5.17. The van der Waals surface area contributed by atoms with Gasteiger partial charge in [-0.05, 0) is 12.8 Å². The first-order valence-corrected chi connectivity index (χ1v) is 3.57.